The van der Waals surface area contributed by atoms with Gasteiger partial charge in [0.05, 0.1) is 18.1 Å². The van der Waals surface area contributed by atoms with Crippen LogP contribution < -0.4 is 10.2 Å². The highest BCUT2D eigenvalue weighted by Crippen LogP contribution is 2.40. The van der Waals surface area contributed by atoms with Crippen LogP contribution in [0.4, 0.5) is 5.82 Å². The van der Waals surface area contributed by atoms with E-state index in [2.05, 4.69) is 23.2 Å². The van der Waals surface area contributed by atoms with Gasteiger partial charge in [0.15, 0.2) is 0 Å². The van der Waals surface area contributed by atoms with E-state index >= 15 is 0 Å². The Morgan fingerprint density at radius 2 is 1.68 bits per heavy atom. The molecule has 0 bridgehead atoms. The van der Waals surface area contributed by atoms with Crippen molar-refractivity contribution in [1.29, 1.82) is 0 Å². The Bertz CT molecular complexity index is 1400. The Balaban J connectivity index is 1.05. The number of amides is 2. The molecule has 1 aromatic heterocycles. The van der Waals surface area contributed by atoms with E-state index in [-0.39, 0.29) is 24.3 Å². The summed E-state index contributed by atoms with van der Waals surface area (Å²) in [5.41, 5.74) is 4.44. The van der Waals surface area contributed by atoms with E-state index in [1.165, 1.54) is 24.0 Å². The normalized spacial score (nSPS) is 20.8. The third-order valence-electron chi connectivity index (χ3n) is 8.23. The molecule has 206 valence electrons. The average Bonchev–Trinajstić information content (AvgIpc) is 3.78. The minimum atomic E-state index is -0.432. The number of pyridine rings is 1. The maximum absolute atomic E-state index is 13.3. The summed E-state index contributed by atoms with van der Waals surface area (Å²) in [7, 11) is 0. The monoisotopic (exact) mass is 538 g/mol. The SMILES string of the molecule is Cc1cc(C2CC2)cnc1N1CCN(C(=O)c2ccc([C@@H]3C(=O)NCC3COC(=O)c3ccccc3)cc2)CC1. The van der Waals surface area contributed by atoms with Crippen molar-refractivity contribution >= 4 is 23.6 Å². The van der Waals surface area contributed by atoms with E-state index in [4.69, 9.17) is 9.72 Å². The molecule has 2 aliphatic heterocycles. The van der Waals surface area contributed by atoms with Crippen LogP contribution in [-0.4, -0.2) is 67.0 Å². The number of rotatable bonds is 7. The zero-order valence-corrected chi connectivity index (χ0v) is 22.7. The number of anilines is 1. The van der Waals surface area contributed by atoms with Crippen LogP contribution in [0.1, 0.15) is 62.1 Å². The second-order valence-corrected chi connectivity index (χ2v) is 11.0. The minimum absolute atomic E-state index is 0.0100. The quantitative estimate of drug-likeness (QED) is 0.459. The van der Waals surface area contributed by atoms with Crippen LogP contribution in [-0.2, 0) is 9.53 Å². The first-order chi connectivity index (χ1) is 19.5. The molecule has 3 heterocycles. The lowest BCUT2D eigenvalue weighted by atomic mass is 9.88. The molecule has 1 aliphatic carbocycles. The minimum Gasteiger partial charge on any atom is -0.462 e. The zero-order valence-electron chi connectivity index (χ0n) is 22.7. The Morgan fingerprint density at radius 3 is 2.35 bits per heavy atom. The molecule has 1 N–H and O–H groups in total. The number of carbonyl (C=O) groups excluding carboxylic acids is 3. The summed E-state index contributed by atoms with van der Waals surface area (Å²) in [5, 5.41) is 2.89. The molecule has 0 spiro atoms. The van der Waals surface area contributed by atoms with Gasteiger partial charge in [-0.1, -0.05) is 36.4 Å². The maximum atomic E-state index is 13.3. The van der Waals surface area contributed by atoms with Crippen molar-refractivity contribution < 1.29 is 19.1 Å². The van der Waals surface area contributed by atoms with Crippen LogP contribution in [0.15, 0.2) is 66.9 Å². The average molecular weight is 539 g/mol. The third-order valence-corrected chi connectivity index (χ3v) is 8.23. The first kappa shape index (κ1) is 26.0. The summed E-state index contributed by atoms with van der Waals surface area (Å²) < 4.78 is 5.52. The van der Waals surface area contributed by atoms with Gasteiger partial charge in [0, 0.05) is 50.4 Å². The second-order valence-electron chi connectivity index (χ2n) is 11.0. The van der Waals surface area contributed by atoms with E-state index in [1.807, 2.05) is 29.3 Å². The van der Waals surface area contributed by atoms with Gasteiger partial charge in [-0.2, -0.15) is 0 Å². The van der Waals surface area contributed by atoms with Gasteiger partial charge in [-0.05, 0) is 66.6 Å². The molecule has 8 nitrogen and oxygen atoms in total. The van der Waals surface area contributed by atoms with Crippen LogP contribution in [0.25, 0.3) is 0 Å². The van der Waals surface area contributed by atoms with Crippen molar-refractivity contribution in [3.05, 3.63) is 94.7 Å². The van der Waals surface area contributed by atoms with Crippen molar-refractivity contribution in [2.24, 2.45) is 5.92 Å². The fourth-order valence-electron chi connectivity index (χ4n) is 5.79. The predicted molar refractivity (Wildman–Crippen MR) is 151 cm³/mol. The number of aromatic nitrogens is 1. The van der Waals surface area contributed by atoms with E-state index in [0.717, 1.165) is 24.5 Å². The van der Waals surface area contributed by atoms with Gasteiger partial charge in [0.25, 0.3) is 5.91 Å². The number of nitrogens with one attached hydrogen (secondary N) is 1. The van der Waals surface area contributed by atoms with Crippen molar-refractivity contribution in [2.45, 2.75) is 31.6 Å². The Labute approximate surface area is 234 Å². The van der Waals surface area contributed by atoms with Gasteiger partial charge in [0.1, 0.15) is 5.82 Å². The number of piperazine rings is 1. The fourth-order valence-corrected chi connectivity index (χ4v) is 5.79. The second kappa shape index (κ2) is 11.1. The highest BCUT2D eigenvalue weighted by molar-refractivity contribution is 5.95. The molecule has 2 aromatic carbocycles. The van der Waals surface area contributed by atoms with Crippen molar-refractivity contribution in [3.8, 4) is 0 Å². The van der Waals surface area contributed by atoms with Gasteiger partial charge in [0.2, 0.25) is 5.91 Å². The van der Waals surface area contributed by atoms with Crippen LogP contribution in [0.3, 0.4) is 0 Å². The molecular formula is C32H34N4O4. The number of hydrogen-bond acceptors (Lipinski definition) is 6. The van der Waals surface area contributed by atoms with Crippen LogP contribution in [0.5, 0.6) is 0 Å². The lowest BCUT2D eigenvalue weighted by molar-refractivity contribution is -0.120. The molecule has 6 rings (SSSR count). The standard InChI is InChI=1S/C32H34N4O4/c1-21-17-26(22-7-8-22)18-33-29(21)35-13-15-36(16-14-35)31(38)24-11-9-23(10-12-24)28-27(19-34-30(28)37)20-40-32(39)25-5-3-2-4-6-25/h2-6,9-12,17-18,22,27-28H,7-8,13-16,19-20H2,1H3,(H,34,37)/t27?,28-/m0/s1. The van der Waals surface area contributed by atoms with Crippen LogP contribution in [0, 0.1) is 12.8 Å². The molecule has 1 unspecified atom stereocenters. The molecule has 1 saturated carbocycles. The molecule has 3 aromatic rings. The summed E-state index contributed by atoms with van der Waals surface area (Å²) >= 11 is 0. The Kier molecular flexibility index (Phi) is 7.24. The van der Waals surface area contributed by atoms with E-state index in [9.17, 15) is 14.4 Å². The molecule has 2 amide bonds. The van der Waals surface area contributed by atoms with Crippen molar-refractivity contribution in [3.63, 3.8) is 0 Å². The van der Waals surface area contributed by atoms with Crippen LogP contribution >= 0.6 is 0 Å². The maximum Gasteiger partial charge on any atom is 0.338 e. The molecule has 2 atom stereocenters. The topological polar surface area (TPSA) is 91.8 Å². The summed E-state index contributed by atoms with van der Waals surface area (Å²) in [6.07, 6.45) is 4.54. The largest absolute Gasteiger partial charge is 0.462 e. The smallest absolute Gasteiger partial charge is 0.338 e. The Morgan fingerprint density at radius 1 is 0.950 bits per heavy atom. The van der Waals surface area contributed by atoms with Gasteiger partial charge >= 0.3 is 5.97 Å². The molecule has 3 aliphatic rings. The van der Waals surface area contributed by atoms with Gasteiger partial charge in [-0.25, -0.2) is 9.78 Å². The Hall–Kier alpha value is -4.20. The number of hydrogen-bond donors (Lipinski definition) is 1. The third kappa shape index (κ3) is 5.43. The molecular weight excluding hydrogens is 504 g/mol. The number of aryl methyl sites for hydroxylation is 1. The number of ether oxygens (including phenoxy) is 1. The number of carbonyl (C=O) groups is 3. The van der Waals surface area contributed by atoms with Gasteiger partial charge in [-0.15, -0.1) is 0 Å². The molecule has 3 fully saturated rings. The highest BCUT2D eigenvalue weighted by Gasteiger charge is 2.37. The van der Waals surface area contributed by atoms with Crippen molar-refractivity contribution in [2.75, 3.05) is 44.2 Å². The van der Waals surface area contributed by atoms with Crippen molar-refractivity contribution in [1.82, 2.24) is 15.2 Å². The van der Waals surface area contributed by atoms with E-state index < -0.39 is 11.9 Å². The summed E-state index contributed by atoms with van der Waals surface area (Å²) in [5.74, 6) is 0.589. The summed E-state index contributed by atoms with van der Waals surface area (Å²) in [6, 6.07) is 18.4. The first-order valence-electron chi connectivity index (χ1n) is 14.1. The summed E-state index contributed by atoms with van der Waals surface area (Å²) in [4.78, 5) is 47.2. The number of esters is 1. The molecule has 40 heavy (non-hydrogen) atoms. The molecule has 0 radical (unpaired) electrons. The van der Waals surface area contributed by atoms with E-state index in [1.54, 1.807) is 36.4 Å². The predicted octanol–water partition coefficient (Wildman–Crippen LogP) is 3.92. The lowest BCUT2D eigenvalue weighted by Gasteiger charge is -2.36. The van der Waals surface area contributed by atoms with E-state index in [0.29, 0.717) is 36.7 Å². The zero-order chi connectivity index (χ0) is 27.6. The number of benzene rings is 2. The lowest BCUT2D eigenvalue weighted by Crippen LogP contribution is -2.49. The molecule has 2 saturated heterocycles. The fraction of sp³-hybridized carbons (Fsp3) is 0.375. The first-order valence-corrected chi connectivity index (χ1v) is 14.1. The van der Waals surface area contributed by atoms with Gasteiger partial charge in [-0.3, -0.25) is 9.59 Å². The van der Waals surface area contributed by atoms with Gasteiger partial charge < -0.3 is 19.9 Å². The summed E-state index contributed by atoms with van der Waals surface area (Å²) in [6.45, 7) is 5.44. The highest BCUT2D eigenvalue weighted by atomic mass is 16.5. The number of nitrogens with zero attached hydrogens (tertiary/aromatic N) is 3. The molecule has 8 heteroatoms. The van der Waals surface area contributed by atoms with Crippen LogP contribution in [0.2, 0.25) is 0 Å².